The maximum absolute atomic E-state index is 11.7. The molecule has 0 aromatic heterocycles. The van der Waals surface area contributed by atoms with E-state index >= 15 is 0 Å². The average molecular weight is 327 g/mol. The SMILES string of the molecule is C=C(C(=O)OCC)C(OC(C)=O)c1ccc(Br)cc1. The molecule has 0 saturated heterocycles. The zero-order valence-corrected chi connectivity index (χ0v) is 12.4. The maximum atomic E-state index is 11.7. The summed E-state index contributed by atoms with van der Waals surface area (Å²) >= 11 is 3.31. The summed E-state index contributed by atoms with van der Waals surface area (Å²) in [4.78, 5) is 22.8. The van der Waals surface area contributed by atoms with Crippen LogP contribution in [0.3, 0.4) is 0 Å². The summed E-state index contributed by atoms with van der Waals surface area (Å²) in [6, 6.07) is 7.10. The van der Waals surface area contributed by atoms with E-state index in [-0.39, 0.29) is 12.2 Å². The topological polar surface area (TPSA) is 52.6 Å². The zero-order chi connectivity index (χ0) is 14.4. The summed E-state index contributed by atoms with van der Waals surface area (Å²) in [5.41, 5.74) is 0.760. The summed E-state index contributed by atoms with van der Waals surface area (Å²) < 4.78 is 10.9. The van der Waals surface area contributed by atoms with E-state index in [4.69, 9.17) is 9.47 Å². The molecule has 0 saturated carbocycles. The molecule has 4 nitrogen and oxygen atoms in total. The van der Waals surface area contributed by atoms with Crippen molar-refractivity contribution in [2.24, 2.45) is 0 Å². The zero-order valence-electron chi connectivity index (χ0n) is 10.8. The van der Waals surface area contributed by atoms with E-state index in [0.29, 0.717) is 5.56 Å². The van der Waals surface area contributed by atoms with Crippen LogP contribution in [0.2, 0.25) is 0 Å². The Hall–Kier alpha value is -1.62. The Bertz CT molecular complexity index is 479. The van der Waals surface area contributed by atoms with Gasteiger partial charge in [0, 0.05) is 11.4 Å². The molecular weight excluding hydrogens is 312 g/mol. The predicted molar refractivity (Wildman–Crippen MR) is 74.4 cm³/mol. The molecule has 1 unspecified atom stereocenters. The van der Waals surface area contributed by atoms with E-state index in [1.165, 1.54) is 6.92 Å². The fourth-order valence-electron chi connectivity index (χ4n) is 1.47. The number of esters is 2. The lowest BCUT2D eigenvalue weighted by Crippen LogP contribution is -2.18. The maximum Gasteiger partial charge on any atom is 0.337 e. The van der Waals surface area contributed by atoms with Gasteiger partial charge in [-0.05, 0) is 24.6 Å². The first-order chi connectivity index (χ1) is 8.95. The van der Waals surface area contributed by atoms with E-state index < -0.39 is 18.0 Å². The molecule has 0 aliphatic heterocycles. The second kappa shape index (κ2) is 7.09. The van der Waals surface area contributed by atoms with Crippen LogP contribution >= 0.6 is 15.9 Å². The summed E-state index contributed by atoms with van der Waals surface area (Å²) in [7, 11) is 0. The fourth-order valence-corrected chi connectivity index (χ4v) is 1.74. The number of halogens is 1. The van der Waals surface area contributed by atoms with Gasteiger partial charge in [0.15, 0.2) is 6.10 Å². The van der Waals surface area contributed by atoms with Crippen LogP contribution in [0.1, 0.15) is 25.5 Å². The van der Waals surface area contributed by atoms with Crippen molar-refractivity contribution in [3.8, 4) is 0 Å². The van der Waals surface area contributed by atoms with Crippen LogP contribution < -0.4 is 0 Å². The third-order valence-corrected chi connectivity index (χ3v) is 2.84. The first-order valence-corrected chi connectivity index (χ1v) is 6.53. The van der Waals surface area contributed by atoms with Crippen molar-refractivity contribution in [2.45, 2.75) is 20.0 Å². The van der Waals surface area contributed by atoms with E-state index in [1.54, 1.807) is 31.2 Å². The molecule has 0 fully saturated rings. The number of carbonyl (C=O) groups is 2. The minimum atomic E-state index is -0.829. The number of carbonyl (C=O) groups excluding carboxylic acids is 2. The van der Waals surface area contributed by atoms with Gasteiger partial charge in [-0.3, -0.25) is 4.79 Å². The molecule has 1 atom stereocenters. The molecule has 0 heterocycles. The van der Waals surface area contributed by atoms with Crippen LogP contribution in [0.5, 0.6) is 0 Å². The number of rotatable bonds is 5. The molecule has 5 heteroatoms. The quantitative estimate of drug-likeness (QED) is 0.616. The van der Waals surface area contributed by atoms with Gasteiger partial charge < -0.3 is 9.47 Å². The molecule has 1 aromatic rings. The van der Waals surface area contributed by atoms with E-state index in [2.05, 4.69) is 22.5 Å². The average Bonchev–Trinajstić information content (AvgIpc) is 2.36. The molecule has 0 spiro atoms. The summed E-state index contributed by atoms with van der Waals surface area (Å²) in [6.45, 7) is 6.89. The molecule has 102 valence electrons. The minimum absolute atomic E-state index is 0.0966. The van der Waals surface area contributed by atoms with Crippen LogP contribution in [0.4, 0.5) is 0 Å². The van der Waals surface area contributed by atoms with Gasteiger partial charge in [-0.2, -0.15) is 0 Å². The Morgan fingerprint density at radius 1 is 1.32 bits per heavy atom. The molecule has 0 radical (unpaired) electrons. The predicted octanol–water partition coefficient (Wildman–Crippen LogP) is 3.17. The monoisotopic (exact) mass is 326 g/mol. The Kier molecular flexibility index (Phi) is 5.76. The molecule has 19 heavy (non-hydrogen) atoms. The third-order valence-electron chi connectivity index (χ3n) is 2.31. The van der Waals surface area contributed by atoms with E-state index in [1.807, 2.05) is 0 Å². The van der Waals surface area contributed by atoms with Crippen LogP contribution in [-0.4, -0.2) is 18.5 Å². The number of hydrogen-bond acceptors (Lipinski definition) is 4. The lowest BCUT2D eigenvalue weighted by molar-refractivity contribution is -0.147. The summed E-state index contributed by atoms with van der Waals surface area (Å²) in [5, 5.41) is 0. The largest absolute Gasteiger partial charge is 0.463 e. The molecule has 0 N–H and O–H groups in total. The van der Waals surface area contributed by atoms with Crippen LogP contribution in [0.25, 0.3) is 0 Å². The van der Waals surface area contributed by atoms with Crippen LogP contribution in [-0.2, 0) is 19.1 Å². The second-order valence-electron chi connectivity index (χ2n) is 3.79. The molecule has 0 aliphatic rings. The van der Waals surface area contributed by atoms with Gasteiger partial charge in [0.2, 0.25) is 0 Å². The first kappa shape index (κ1) is 15.4. The summed E-state index contributed by atoms with van der Waals surface area (Å²) in [5.74, 6) is -1.06. The first-order valence-electron chi connectivity index (χ1n) is 5.74. The van der Waals surface area contributed by atoms with Gasteiger partial charge in [0.1, 0.15) is 0 Å². The Morgan fingerprint density at radius 2 is 1.89 bits per heavy atom. The standard InChI is InChI=1S/C14H15BrO4/c1-4-18-14(17)9(2)13(19-10(3)16)11-5-7-12(15)8-6-11/h5-8,13H,2,4H2,1,3H3. The van der Waals surface area contributed by atoms with Gasteiger partial charge in [-0.15, -0.1) is 0 Å². The third kappa shape index (κ3) is 4.52. The highest BCUT2D eigenvalue weighted by Gasteiger charge is 2.24. The normalized spacial score (nSPS) is 11.5. The highest BCUT2D eigenvalue weighted by atomic mass is 79.9. The highest BCUT2D eigenvalue weighted by Crippen LogP contribution is 2.27. The van der Waals surface area contributed by atoms with Crippen molar-refractivity contribution in [2.75, 3.05) is 6.61 Å². The minimum Gasteiger partial charge on any atom is -0.463 e. The molecule has 1 aromatic carbocycles. The molecule has 0 amide bonds. The Labute approximate surface area is 120 Å². The van der Waals surface area contributed by atoms with E-state index in [9.17, 15) is 9.59 Å². The Balaban J connectivity index is 3.00. The smallest absolute Gasteiger partial charge is 0.337 e. The van der Waals surface area contributed by atoms with Gasteiger partial charge in [0.05, 0.1) is 12.2 Å². The molecule has 1 rings (SSSR count). The van der Waals surface area contributed by atoms with Gasteiger partial charge in [-0.1, -0.05) is 34.6 Å². The number of ether oxygens (including phenoxy) is 2. The van der Waals surface area contributed by atoms with Crippen molar-refractivity contribution in [3.63, 3.8) is 0 Å². The van der Waals surface area contributed by atoms with Crippen molar-refractivity contribution >= 4 is 27.9 Å². The van der Waals surface area contributed by atoms with Crippen molar-refractivity contribution < 1.29 is 19.1 Å². The lowest BCUT2D eigenvalue weighted by atomic mass is 10.0. The van der Waals surface area contributed by atoms with Crippen molar-refractivity contribution in [3.05, 3.63) is 46.5 Å². The van der Waals surface area contributed by atoms with E-state index in [0.717, 1.165) is 4.47 Å². The molecule has 0 aliphatic carbocycles. The molecular formula is C14H15BrO4. The van der Waals surface area contributed by atoms with Crippen molar-refractivity contribution in [1.29, 1.82) is 0 Å². The van der Waals surface area contributed by atoms with Crippen molar-refractivity contribution in [1.82, 2.24) is 0 Å². The van der Waals surface area contributed by atoms with Gasteiger partial charge >= 0.3 is 11.9 Å². The highest BCUT2D eigenvalue weighted by molar-refractivity contribution is 9.10. The molecule has 0 bridgehead atoms. The second-order valence-corrected chi connectivity index (χ2v) is 4.70. The van der Waals surface area contributed by atoms with Gasteiger partial charge in [0.25, 0.3) is 0 Å². The lowest BCUT2D eigenvalue weighted by Gasteiger charge is -2.18. The Morgan fingerprint density at radius 3 is 2.37 bits per heavy atom. The fraction of sp³-hybridized carbons (Fsp3) is 0.286. The number of benzene rings is 1. The number of hydrogen-bond donors (Lipinski definition) is 0. The summed E-state index contributed by atoms with van der Waals surface area (Å²) in [6.07, 6.45) is -0.829. The van der Waals surface area contributed by atoms with Crippen LogP contribution in [0, 0.1) is 0 Å². The van der Waals surface area contributed by atoms with Gasteiger partial charge in [-0.25, -0.2) is 4.79 Å². The van der Waals surface area contributed by atoms with Crippen LogP contribution in [0.15, 0.2) is 40.9 Å².